The highest BCUT2D eigenvalue weighted by Gasteiger charge is 2.13. The van der Waals surface area contributed by atoms with Gasteiger partial charge in [-0.2, -0.15) is 0 Å². The number of carbonyl (C=O) groups is 2. The minimum atomic E-state index is -3.13. The molecule has 0 aliphatic heterocycles. The van der Waals surface area contributed by atoms with E-state index in [1.807, 2.05) is 0 Å². The van der Waals surface area contributed by atoms with Gasteiger partial charge in [-0.1, -0.05) is 6.92 Å². The van der Waals surface area contributed by atoms with Gasteiger partial charge in [0, 0.05) is 18.5 Å². The number of carbonyl (C=O) groups excluding carboxylic acids is 1. The van der Waals surface area contributed by atoms with Gasteiger partial charge in [0.05, 0.1) is 5.75 Å². The maximum absolute atomic E-state index is 11.8. The minimum Gasteiger partial charge on any atom is -0.480 e. The summed E-state index contributed by atoms with van der Waals surface area (Å²) in [6.45, 7) is 1.23. The molecule has 0 aromatic carbocycles. The van der Waals surface area contributed by atoms with Crippen LogP contribution in [-0.2, 0) is 21.2 Å². The van der Waals surface area contributed by atoms with Crippen LogP contribution < -0.4 is 5.32 Å². The summed E-state index contributed by atoms with van der Waals surface area (Å²) in [5, 5.41) is 11.1. The van der Waals surface area contributed by atoms with Crippen LogP contribution in [0, 0.1) is 0 Å². The third-order valence-corrected chi connectivity index (χ3v) is 4.21. The molecule has 0 spiro atoms. The topological polar surface area (TPSA) is 105 Å². The van der Waals surface area contributed by atoms with Crippen molar-refractivity contribution < 1.29 is 23.1 Å². The largest absolute Gasteiger partial charge is 0.480 e. The number of aromatic nitrogens is 1. The van der Waals surface area contributed by atoms with E-state index in [0.29, 0.717) is 0 Å². The molecule has 1 aromatic heterocycles. The van der Waals surface area contributed by atoms with Crippen LogP contribution in [0.25, 0.3) is 0 Å². The first kappa shape index (κ1) is 15.2. The quantitative estimate of drug-likeness (QED) is 0.719. The Kier molecular flexibility index (Phi) is 5.11. The maximum Gasteiger partial charge on any atom is 0.323 e. The van der Waals surface area contributed by atoms with Crippen molar-refractivity contribution in [1.29, 1.82) is 0 Å². The fourth-order valence-corrected chi connectivity index (χ4v) is 2.16. The van der Waals surface area contributed by atoms with Gasteiger partial charge < -0.3 is 15.0 Å². The SMILES string of the molecule is CCS(=O)(=O)CCNC(=O)c1cccn1CC(=O)O. The number of amides is 1. The molecule has 0 saturated carbocycles. The Morgan fingerprint density at radius 3 is 2.68 bits per heavy atom. The summed E-state index contributed by atoms with van der Waals surface area (Å²) in [4.78, 5) is 22.4. The maximum atomic E-state index is 11.8. The lowest BCUT2D eigenvalue weighted by Gasteiger charge is -2.07. The standard InChI is InChI=1S/C11H16N2O5S/c1-2-19(17,18)7-5-12-11(16)9-4-3-6-13(9)8-10(14)15/h3-4,6H,2,5,7-8H2,1H3,(H,12,16)(H,14,15). The van der Waals surface area contributed by atoms with Gasteiger partial charge in [-0.3, -0.25) is 9.59 Å². The van der Waals surface area contributed by atoms with Crippen molar-refractivity contribution in [1.82, 2.24) is 9.88 Å². The molecule has 0 radical (unpaired) electrons. The van der Waals surface area contributed by atoms with E-state index in [2.05, 4.69) is 5.32 Å². The number of nitrogens with zero attached hydrogens (tertiary/aromatic N) is 1. The number of nitrogens with one attached hydrogen (secondary N) is 1. The van der Waals surface area contributed by atoms with Crippen molar-refractivity contribution in [2.24, 2.45) is 0 Å². The summed E-state index contributed by atoms with van der Waals surface area (Å²) in [5.74, 6) is -1.65. The molecular formula is C11H16N2O5S. The molecule has 0 bridgehead atoms. The smallest absolute Gasteiger partial charge is 0.323 e. The first-order valence-electron chi connectivity index (χ1n) is 5.71. The second-order valence-corrected chi connectivity index (χ2v) is 6.38. The normalized spacial score (nSPS) is 11.2. The highest BCUT2D eigenvalue weighted by atomic mass is 32.2. The van der Waals surface area contributed by atoms with Gasteiger partial charge in [-0.25, -0.2) is 8.42 Å². The molecule has 106 valence electrons. The molecule has 1 heterocycles. The fourth-order valence-electron chi connectivity index (χ4n) is 1.46. The fraction of sp³-hybridized carbons (Fsp3) is 0.455. The molecule has 0 unspecified atom stereocenters. The van der Waals surface area contributed by atoms with Gasteiger partial charge in [-0.05, 0) is 12.1 Å². The number of carboxylic acids is 1. The monoisotopic (exact) mass is 288 g/mol. The van der Waals surface area contributed by atoms with Gasteiger partial charge in [-0.15, -0.1) is 0 Å². The van der Waals surface area contributed by atoms with Gasteiger partial charge in [0.15, 0.2) is 9.84 Å². The lowest BCUT2D eigenvalue weighted by molar-refractivity contribution is -0.137. The van der Waals surface area contributed by atoms with Crippen LogP contribution in [0.2, 0.25) is 0 Å². The van der Waals surface area contributed by atoms with Crippen LogP contribution in [0.15, 0.2) is 18.3 Å². The summed E-state index contributed by atoms with van der Waals surface area (Å²) in [5.41, 5.74) is 0.191. The molecule has 8 heteroatoms. The zero-order chi connectivity index (χ0) is 14.5. The lowest BCUT2D eigenvalue weighted by atomic mass is 10.4. The van der Waals surface area contributed by atoms with Gasteiger partial charge in [0.25, 0.3) is 5.91 Å². The van der Waals surface area contributed by atoms with E-state index in [1.54, 1.807) is 6.07 Å². The molecule has 1 aromatic rings. The molecule has 1 rings (SSSR count). The Morgan fingerprint density at radius 2 is 2.11 bits per heavy atom. The molecule has 0 aliphatic carbocycles. The summed E-state index contributed by atoms with van der Waals surface area (Å²) in [7, 11) is -3.13. The van der Waals surface area contributed by atoms with Crippen molar-refractivity contribution in [2.75, 3.05) is 18.1 Å². The minimum absolute atomic E-state index is 0.00720. The molecule has 0 fully saturated rings. The van der Waals surface area contributed by atoms with Crippen LogP contribution >= 0.6 is 0 Å². The molecule has 7 nitrogen and oxygen atoms in total. The Morgan fingerprint density at radius 1 is 1.42 bits per heavy atom. The van der Waals surface area contributed by atoms with Crippen molar-refractivity contribution in [3.63, 3.8) is 0 Å². The Labute approximate surface area is 111 Å². The molecule has 19 heavy (non-hydrogen) atoms. The van der Waals surface area contributed by atoms with E-state index in [4.69, 9.17) is 5.11 Å². The zero-order valence-corrected chi connectivity index (χ0v) is 11.3. The van der Waals surface area contributed by atoms with E-state index in [0.717, 1.165) is 0 Å². The number of sulfone groups is 1. The first-order valence-corrected chi connectivity index (χ1v) is 7.53. The van der Waals surface area contributed by atoms with E-state index in [-0.39, 0.29) is 30.3 Å². The van der Waals surface area contributed by atoms with Crippen LogP contribution in [0.1, 0.15) is 17.4 Å². The van der Waals surface area contributed by atoms with E-state index >= 15 is 0 Å². The zero-order valence-electron chi connectivity index (χ0n) is 10.5. The summed E-state index contributed by atoms with van der Waals surface area (Å²) >= 11 is 0. The molecular weight excluding hydrogens is 272 g/mol. The summed E-state index contributed by atoms with van der Waals surface area (Å²) in [6.07, 6.45) is 1.48. The Hall–Kier alpha value is -1.83. The first-order chi connectivity index (χ1) is 8.85. The van der Waals surface area contributed by atoms with Crippen molar-refractivity contribution in [2.45, 2.75) is 13.5 Å². The average molecular weight is 288 g/mol. The average Bonchev–Trinajstić information content (AvgIpc) is 2.76. The van der Waals surface area contributed by atoms with Gasteiger partial charge in [0.1, 0.15) is 12.2 Å². The van der Waals surface area contributed by atoms with Crippen molar-refractivity contribution in [3.8, 4) is 0 Å². The summed E-state index contributed by atoms with van der Waals surface area (Å²) in [6, 6.07) is 3.03. The van der Waals surface area contributed by atoms with E-state index < -0.39 is 21.7 Å². The lowest BCUT2D eigenvalue weighted by Crippen LogP contribution is -2.31. The van der Waals surface area contributed by atoms with E-state index in [9.17, 15) is 18.0 Å². The van der Waals surface area contributed by atoms with Crippen LogP contribution in [0.3, 0.4) is 0 Å². The number of rotatable bonds is 7. The predicted molar refractivity (Wildman–Crippen MR) is 68.7 cm³/mol. The molecule has 0 aliphatic rings. The second-order valence-electron chi connectivity index (χ2n) is 3.91. The molecule has 2 N–H and O–H groups in total. The number of aliphatic carboxylic acids is 1. The molecule has 0 atom stereocenters. The third-order valence-electron chi connectivity index (χ3n) is 2.51. The predicted octanol–water partition coefficient (Wildman–Crippen LogP) is -0.263. The Balaban J connectivity index is 2.59. The summed E-state index contributed by atoms with van der Waals surface area (Å²) < 4.78 is 23.8. The van der Waals surface area contributed by atoms with E-state index in [1.165, 1.54) is 23.8 Å². The highest BCUT2D eigenvalue weighted by molar-refractivity contribution is 7.91. The molecule has 1 amide bonds. The highest BCUT2D eigenvalue weighted by Crippen LogP contribution is 2.02. The van der Waals surface area contributed by atoms with Crippen LogP contribution in [0.5, 0.6) is 0 Å². The van der Waals surface area contributed by atoms with Crippen molar-refractivity contribution >= 4 is 21.7 Å². The van der Waals surface area contributed by atoms with Crippen molar-refractivity contribution in [3.05, 3.63) is 24.0 Å². The number of hydrogen-bond donors (Lipinski definition) is 2. The second kappa shape index (κ2) is 6.37. The van der Waals surface area contributed by atoms with Gasteiger partial charge in [0.2, 0.25) is 0 Å². The third kappa shape index (κ3) is 4.74. The molecule has 0 saturated heterocycles. The number of carboxylic acid groups (broad SMARTS) is 1. The van der Waals surface area contributed by atoms with Gasteiger partial charge >= 0.3 is 5.97 Å². The Bertz CT molecular complexity index is 561. The number of hydrogen-bond acceptors (Lipinski definition) is 4. The van der Waals surface area contributed by atoms with Crippen LogP contribution in [0.4, 0.5) is 0 Å². The van der Waals surface area contributed by atoms with Crippen LogP contribution in [-0.4, -0.2) is 48.0 Å².